The van der Waals surface area contributed by atoms with Gasteiger partial charge in [0, 0.05) is 6.42 Å². The van der Waals surface area contributed by atoms with Gasteiger partial charge in [-0.3, -0.25) is 13.8 Å². The normalized spacial score (nSPS) is 14.3. The van der Waals surface area contributed by atoms with Crippen molar-refractivity contribution in [2.75, 3.05) is 40.9 Å². The summed E-state index contributed by atoms with van der Waals surface area (Å²) in [5.74, 6) is -0.174. The first-order chi connectivity index (χ1) is 35.0. The van der Waals surface area contributed by atoms with Crippen LogP contribution in [0.5, 0.6) is 0 Å². The molecule has 0 aromatic heterocycles. The van der Waals surface area contributed by atoms with Crippen LogP contribution in [0.25, 0.3) is 0 Å². The monoisotopic (exact) mass is 1030 g/mol. The Morgan fingerprint density at radius 2 is 0.833 bits per heavy atom. The average Bonchev–Trinajstić information content (AvgIpc) is 3.34. The van der Waals surface area contributed by atoms with Crippen molar-refractivity contribution in [1.29, 1.82) is 0 Å². The van der Waals surface area contributed by atoms with E-state index < -0.39 is 20.0 Å². The van der Waals surface area contributed by atoms with Crippen LogP contribution in [0.2, 0.25) is 0 Å². The minimum atomic E-state index is -4.34. The summed E-state index contributed by atoms with van der Waals surface area (Å²) in [7, 11) is 1.59. The van der Waals surface area contributed by atoms with Crippen LogP contribution in [-0.2, 0) is 18.4 Å². The number of phosphoric acid groups is 1. The lowest BCUT2D eigenvalue weighted by Crippen LogP contribution is -2.46. The number of carbonyl (C=O) groups is 1. The van der Waals surface area contributed by atoms with Crippen molar-refractivity contribution in [3.8, 4) is 0 Å². The summed E-state index contributed by atoms with van der Waals surface area (Å²) in [6, 6.07) is -0.783. The molecule has 0 rings (SSSR count). The number of unbranched alkanes of at least 4 members (excludes halogenated alkanes) is 33. The molecule has 0 aromatic rings. The number of nitrogens with zero attached hydrogens (tertiary/aromatic N) is 1. The highest BCUT2D eigenvalue weighted by atomic mass is 31.2. The Labute approximate surface area is 447 Å². The quantitative estimate of drug-likeness (QED) is 0.0243. The fourth-order valence-corrected chi connectivity index (χ4v) is 9.75. The second kappa shape index (κ2) is 54.0. The first-order valence-corrected chi connectivity index (χ1v) is 32.1. The highest BCUT2D eigenvalue weighted by Gasteiger charge is 2.28. The molecule has 0 saturated heterocycles. The van der Waals surface area contributed by atoms with Crippen molar-refractivity contribution in [2.24, 2.45) is 0 Å². The van der Waals surface area contributed by atoms with E-state index in [-0.39, 0.29) is 19.1 Å². The van der Waals surface area contributed by atoms with Gasteiger partial charge in [-0.2, -0.15) is 0 Å². The number of quaternary nitrogens is 1. The van der Waals surface area contributed by atoms with Gasteiger partial charge in [0.15, 0.2) is 0 Å². The third-order valence-electron chi connectivity index (χ3n) is 13.8. The molecule has 0 radical (unpaired) electrons. The Bertz CT molecular complexity index is 1360. The van der Waals surface area contributed by atoms with Gasteiger partial charge < -0.3 is 19.8 Å². The summed E-state index contributed by atoms with van der Waals surface area (Å²) < 4.78 is 23.8. The molecular formula is C63H120N2O6P+. The van der Waals surface area contributed by atoms with E-state index >= 15 is 0 Å². The molecule has 3 N–H and O–H groups in total. The van der Waals surface area contributed by atoms with Crippen LogP contribution in [0.15, 0.2) is 60.8 Å². The maximum atomic E-state index is 13.0. The number of phosphoric ester groups is 1. The second-order valence-electron chi connectivity index (χ2n) is 22.1. The summed E-state index contributed by atoms with van der Waals surface area (Å²) in [6.07, 6.45) is 73.0. The van der Waals surface area contributed by atoms with E-state index in [1.165, 1.54) is 180 Å². The predicted molar refractivity (Wildman–Crippen MR) is 314 cm³/mol. The number of hydrogen-bond acceptors (Lipinski definition) is 5. The summed E-state index contributed by atoms with van der Waals surface area (Å²) in [5.41, 5.74) is 0. The summed E-state index contributed by atoms with van der Waals surface area (Å²) in [4.78, 5) is 23.3. The largest absolute Gasteiger partial charge is 0.472 e. The molecule has 72 heavy (non-hydrogen) atoms. The second-order valence-corrected chi connectivity index (χ2v) is 23.5. The Kier molecular flexibility index (Phi) is 52.7. The Balaban J connectivity index is 4.10. The zero-order chi connectivity index (χ0) is 52.7. The molecule has 0 aliphatic carbocycles. The number of likely N-dealkylation sites (N-methyl/N-ethyl adjacent to an activating group) is 1. The van der Waals surface area contributed by atoms with Crippen molar-refractivity contribution in [3.63, 3.8) is 0 Å². The van der Waals surface area contributed by atoms with Crippen molar-refractivity contribution < 1.29 is 32.9 Å². The lowest BCUT2D eigenvalue weighted by Gasteiger charge is -2.26. The molecule has 0 aliphatic heterocycles. The van der Waals surface area contributed by atoms with E-state index in [1.807, 2.05) is 21.1 Å². The van der Waals surface area contributed by atoms with Crippen LogP contribution in [0, 0.1) is 0 Å². The molecule has 0 spiro atoms. The minimum absolute atomic E-state index is 0.0656. The Morgan fingerprint density at radius 1 is 0.486 bits per heavy atom. The standard InChI is InChI=1S/C63H119N2O6P/c1-6-8-10-12-14-16-18-20-22-24-26-27-28-29-30-31-32-33-34-35-36-37-39-40-42-44-46-48-50-52-54-56-62(66)61(60-71-72(68,69)70-59-58-65(3,4)5)64-63(67)57-55-53-51-49-47-45-43-41-38-25-23-21-19-17-15-13-11-9-7-2/h9,11,15,17,21,23,38,41,45,47,61-62,66H,6-8,10,12-14,16,18-20,22,24-37,39-40,42-44,46,48-60H2,1-5H3,(H-,64,67,68,69)/p+1/b11-9-,17-15-,23-21-,41-38-,47-45-. The predicted octanol–water partition coefficient (Wildman–Crippen LogP) is 18.9. The number of carbonyl (C=O) groups excluding carboxylic acids is 1. The van der Waals surface area contributed by atoms with E-state index in [9.17, 15) is 19.4 Å². The molecule has 0 fully saturated rings. The van der Waals surface area contributed by atoms with Gasteiger partial charge in [-0.25, -0.2) is 4.57 Å². The number of nitrogens with one attached hydrogen (secondary N) is 1. The lowest BCUT2D eigenvalue weighted by molar-refractivity contribution is -0.870. The molecule has 0 saturated carbocycles. The van der Waals surface area contributed by atoms with Gasteiger partial charge in [-0.15, -0.1) is 0 Å². The number of hydrogen-bond donors (Lipinski definition) is 3. The average molecular weight is 1030 g/mol. The van der Waals surface area contributed by atoms with E-state index in [2.05, 4.69) is 79.9 Å². The van der Waals surface area contributed by atoms with Crippen molar-refractivity contribution in [3.05, 3.63) is 60.8 Å². The number of amides is 1. The van der Waals surface area contributed by atoms with Gasteiger partial charge in [0.25, 0.3) is 0 Å². The van der Waals surface area contributed by atoms with Crippen LogP contribution < -0.4 is 5.32 Å². The Morgan fingerprint density at radius 3 is 1.21 bits per heavy atom. The summed E-state index contributed by atoms with van der Waals surface area (Å²) in [5, 5.41) is 14.1. The number of rotatable bonds is 56. The molecule has 3 atom stereocenters. The van der Waals surface area contributed by atoms with Crippen LogP contribution in [-0.4, -0.2) is 73.4 Å². The van der Waals surface area contributed by atoms with Crippen molar-refractivity contribution in [1.82, 2.24) is 5.32 Å². The molecule has 0 heterocycles. The Hall–Kier alpha value is -1.80. The molecule has 1 amide bonds. The van der Waals surface area contributed by atoms with Gasteiger partial charge in [-0.1, -0.05) is 280 Å². The van der Waals surface area contributed by atoms with E-state index in [0.717, 1.165) is 77.0 Å². The topological polar surface area (TPSA) is 105 Å². The number of aliphatic hydroxyl groups is 1. The first kappa shape index (κ1) is 70.2. The van der Waals surface area contributed by atoms with Crippen LogP contribution in [0.4, 0.5) is 0 Å². The highest BCUT2D eigenvalue weighted by Crippen LogP contribution is 2.43. The molecule has 9 heteroatoms. The number of allylic oxidation sites excluding steroid dienone is 10. The fourth-order valence-electron chi connectivity index (χ4n) is 9.02. The maximum Gasteiger partial charge on any atom is 0.472 e. The molecule has 8 nitrogen and oxygen atoms in total. The van der Waals surface area contributed by atoms with Gasteiger partial charge in [0.05, 0.1) is 39.9 Å². The SMILES string of the molecule is CC/C=C\C/C=C\C/C=C\C/C=C\C/C=C\CCCCCC(=O)NC(COP(=O)(O)OCC[N+](C)(C)C)C(O)CCCCCCCCCCCCCCCCCCCCCCCCCCCCCCCCC. The van der Waals surface area contributed by atoms with Crippen molar-refractivity contribution >= 4 is 13.7 Å². The highest BCUT2D eigenvalue weighted by molar-refractivity contribution is 7.47. The minimum Gasteiger partial charge on any atom is -0.391 e. The molecule has 0 bridgehead atoms. The van der Waals surface area contributed by atoms with Crippen molar-refractivity contribution in [2.45, 2.75) is 296 Å². The lowest BCUT2D eigenvalue weighted by atomic mass is 10.0. The van der Waals surface area contributed by atoms with E-state index in [0.29, 0.717) is 23.9 Å². The van der Waals surface area contributed by atoms with E-state index in [4.69, 9.17) is 9.05 Å². The zero-order valence-corrected chi connectivity index (χ0v) is 49.1. The maximum absolute atomic E-state index is 13.0. The fraction of sp³-hybridized carbons (Fsp3) is 0.825. The van der Waals surface area contributed by atoms with Crippen LogP contribution in [0.1, 0.15) is 284 Å². The smallest absolute Gasteiger partial charge is 0.391 e. The molecule has 0 aromatic carbocycles. The third-order valence-corrected chi connectivity index (χ3v) is 14.8. The number of aliphatic hydroxyl groups excluding tert-OH is 1. The van der Waals surface area contributed by atoms with Gasteiger partial charge in [0.1, 0.15) is 13.2 Å². The third kappa shape index (κ3) is 55.9. The summed E-state index contributed by atoms with van der Waals surface area (Å²) >= 11 is 0. The summed E-state index contributed by atoms with van der Waals surface area (Å²) in [6.45, 7) is 4.77. The van der Waals surface area contributed by atoms with E-state index in [1.54, 1.807) is 0 Å². The molecule has 422 valence electrons. The zero-order valence-electron chi connectivity index (χ0n) is 48.2. The van der Waals surface area contributed by atoms with Gasteiger partial charge in [0.2, 0.25) is 5.91 Å². The van der Waals surface area contributed by atoms with Crippen LogP contribution >= 0.6 is 7.82 Å². The molecular weight excluding hydrogens is 912 g/mol. The molecule has 0 aliphatic rings. The molecule has 3 unspecified atom stereocenters. The van der Waals surface area contributed by atoms with Crippen LogP contribution in [0.3, 0.4) is 0 Å². The first-order valence-electron chi connectivity index (χ1n) is 30.7. The van der Waals surface area contributed by atoms with Gasteiger partial charge in [-0.05, 0) is 57.8 Å². The van der Waals surface area contributed by atoms with Gasteiger partial charge >= 0.3 is 7.82 Å².